The van der Waals surface area contributed by atoms with Crippen molar-refractivity contribution in [2.75, 3.05) is 6.54 Å². The van der Waals surface area contributed by atoms with E-state index in [2.05, 4.69) is 17.1 Å². The molecule has 1 unspecified atom stereocenters. The third kappa shape index (κ3) is 2.93. The lowest BCUT2D eigenvalue weighted by Gasteiger charge is -2.25. The van der Waals surface area contributed by atoms with Gasteiger partial charge in [-0.15, -0.1) is 0 Å². The summed E-state index contributed by atoms with van der Waals surface area (Å²) in [5.41, 5.74) is 1.63. The predicted octanol–water partition coefficient (Wildman–Crippen LogP) is 2.76. The van der Waals surface area contributed by atoms with Crippen LogP contribution in [0.4, 0.5) is 0 Å². The minimum Gasteiger partial charge on any atom is -0.334 e. The van der Waals surface area contributed by atoms with Gasteiger partial charge in [0.1, 0.15) is 6.54 Å². The largest absolute Gasteiger partial charge is 0.334 e. The average Bonchev–Trinajstić information content (AvgIpc) is 3.15. The number of hydrogen-bond donors (Lipinski definition) is 0. The van der Waals surface area contributed by atoms with Crippen molar-refractivity contribution < 1.29 is 4.79 Å². The molecule has 5 heteroatoms. The molecule has 1 aromatic heterocycles. The number of nitrogens with zero attached hydrogens (tertiary/aromatic N) is 3. The van der Waals surface area contributed by atoms with Gasteiger partial charge in [0.05, 0.1) is 23.3 Å². The average molecular weight is 333 g/mol. The van der Waals surface area contributed by atoms with Crippen molar-refractivity contribution >= 4 is 16.8 Å². The van der Waals surface area contributed by atoms with Crippen LogP contribution in [-0.2, 0) is 11.3 Å². The van der Waals surface area contributed by atoms with Crippen molar-refractivity contribution in [2.45, 2.75) is 25.4 Å². The summed E-state index contributed by atoms with van der Waals surface area (Å²) in [6.07, 6.45) is 3.41. The fourth-order valence-corrected chi connectivity index (χ4v) is 3.54. The first-order valence-corrected chi connectivity index (χ1v) is 8.52. The number of carbonyl (C=O) groups is 1. The first-order chi connectivity index (χ1) is 12.2. The van der Waals surface area contributed by atoms with Gasteiger partial charge in [0.15, 0.2) is 0 Å². The predicted molar refractivity (Wildman–Crippen MR) is 96.1 cm³/mol. The Hall–Kier alpha value is -2.95. The zero-order valence-corrected chi connectivity index (χ0v) is 13.8. The van der Waals surface area contributed by atoms with E-state index in [9.17, 15) is 9.59 Å². The summed E-state index contributed by atoms with van der Waals surface area (Å²) >= 11 is 0. The molecule has 5 nitrogen and oxygen atoms in total. The Kier molecular flexibility index (Phi) is 4.06. The van der Waals surface area contributed by atoms with E-state index in [1.54, 1.807) is 12.1 Å². The van der Waals surface area contributed by atoms with Crippen LogP contribution in [0, 0.1) is 0 Å². The van der Waals surface area contributed by atoms with Gasteiger partial charge < -0.3 is 4.90 Å². The summed E-state index contributed by atoms with van der Waals surface area (Å²) < 4.78 is 1.41. The Morgan fingerprint density at radius 3 is 2.68 bits per heavy atom. The van der Waals surface area contributed by atoms with E-state index in [-0.39, 0.29) is 24.1 Å². The molecule has 1 saturated heterocycles. The molecule has 0 saturated carbocycles. The van der Waals surface area contributed by atoms with Crippen molar-refractivity contribution in [1.82, 2.24) is 14.5 Å². The summed E-state index contributed by atoms with van der Waals surface area (Å²) in [4.78, 5) is 31.6. The van der Waals surface area contributed by atoms with Gasteiger partial charge in [0.2, 0.25) is 5.91 Å². The second kappa shape index (κ2) is 6.51. The summed E-state index contributed by atoms with van der Waals surface area (Å²) in [5.74, 6) is -0.0365. The maximum atomic E-state index is 12.8. The Balaban J connectivity index is 1.60. The minimum atomic E-state index is -0.172. The second-order valence-corrected chi connectivity index (χ2v) is 6.35. The standard InChI is InChI=1S/C20H19N3O2/c24-19(23-12-6-11-18(23)15-7-2-1-3-8-15)13-22-14-21-17-10-5-4-9-16(17)20(22)25/h1-5,7-10,14,18H,6,11-13H2. The van der Waals surface area contributed by atoms with Gasteiger partial charge in [-0.05, 0) is 30.5 Å². The number of aromatic nitrogens is 2. The molecule has 0 bridgehead atoms. The van der Waals surface area contributed by atoms with Crippen LogP contribution >= 0.6 is 0 Å². The molecule has 126 valence electrons. The lowest BCUT2D eigenvalue weighted by Crippen LogP contribution is -2.36. The lowest BCUT2D eigenvalue weighted by atomic mass is 10.0. The van der Waals surface area contributed by atoms with E-state index in [1.807, 2.05) is 35.2 Å². The van der Waals surface area contributed by atoms with Crippen LogP contribution < -0.4 is 5.56 Å². The van der Waals surface area contributed by atoms with Crippen LogP contribution in [0.5, 0.6) is 0 Å². The van der Waals surface area contributed by atoms with Crippen LogP contribution in [0.3, 0.4) is 0 Å². The molecule has 2 aromatic carbocycles. The third-order valence-electron chi connectivity index (χ3n) is 4.79. The normalized spacial score (nSPS) is 17.1. The van der Waals surface area contributed by atoms with Gasteiger partial charge in [-0.1, -0.05) is 42.5 Å². The Bertz CT molecular complexity index is 965. The van der Waals surface area contributed by atoms with Gasteiger partial charge in [-0.3, -0.25) is 14.2 Å². The molecule has 1 amide bonds. The molecule has 1 aliphatic rings. The summed E-state index contributed by atoms with van der Waals surface area (Å²) in [5, 5.41) is 0.541. The first-order valence-electron chi connectivity index (χ1n) is 8.52. The topological polar surface area (TPSA) is 55.2 Å². The van der Waals surface area contributed by atoms with Crippen molar-refractivity contribution in [3.05, 3.63) is 76.8 Å². The first kappa shape index (κ1) is 15.6. The van der Waals surface area contributed by atoms with Gasteiger partial charge in [-0.2, -0.15) is 0 Å². The third-order valence-corrected chi connectivity index (χ3v) is 4.79. The monoisotopic (exact) mass is 333 g/mol. The molecule has 1 fully saturated rings. The van der Waals surface area contributed by atoms with E-state index in [4.69, 9.17) is 0 Å². The van der Waals surface area contributed by atoms with Crippen molar-refractivity contribution in [3.63, 3.8) is 0 Å². The maximum Gasteiger partial charge on any atom is 0.261 e. The second-order valence-electron chi connectivity index (χ2n) is 6.35. The maximum absolute atomic E-state index is 12.8. The summed E-state index contributed by atoms with van der Waals surface area (Å²) in [7, 11) is 0. The molecule has 0 radical (unpaired) electrons. The zero-order chi connectivity index (χ0) is 17.2. The molecule has 4 rings (SSSR count). The smallest absolute Gasteiger partial charge is 0.261 e. The number of fused-ring (bicyclic) bond motifs is 1. The number of amides is 1. The minimum absolute atomic E-state index is 0.0278. The highest BCUT2D eigenvalue weighted by Gasteiger charge is 2.29. The number of carbonyl (C=O) groups excluding carboxylic acids is 1. The molecule has 3 aromatic rings. The Morgan fingerprint density at radius 2 is 1.84 bits per heavy atom. The molecular formula is C20H19N3O2. The number of para-hydroxylation sites is 1. The van der Waals surface area contributed by atoms with Gasteiger partial charge in [0.25, 0.3) is 5.56 Å². The molecule has 0 N–H and O–H groups in total. The van der Waals surface area contributed by atoms with Crippen LogP contribution in [0.25, 0.3) is 10.9 Å². The van der Waals surface area contributed by atoms with Crippen molar-refractivity contribution in [2.24, 2.45) is 0 Å². The number of rotatable bonds is 3. The van der Waals surface area contributed by atoms with E-state index in [0.717, 1.165) is 24.9 Å². The molecule has 0 spiro atoms. The van der Waals surface area contributed by atoms with Gasteiger partial charge >= 0.3 is 0 Å². The van der Waals surface area contributed by atoms with E-state index in [1.165, 1.54) is 10.9 Å². The molecular weight excluding hydrogens is 314 g/mol. The van der Waals surface area contributed by atoms with Gasteiger partial charge in [0, 0.05) is 6.54 Å². The number of benzene rings is 2. The van der Waals surface area contributed by atoms with Crippen LogP contribution in [0.2, 0.25) is 0 Å². The van der Waals surface area contributed by atoms with Crippen LogP contribution in [0.1, 0.15) is 24.4 Å². The highest BCUT2D eigenvalue weighted by atomic mass is 16.2. The quantitative estimate of drug-likeness (QED) is 0.740. The molecule has 0 aliphatic carbocycles. The fourth-order valence-electron chi connectivity index (χ4n) is 3.54. The van der Waals surface area contributed by atoms with E-state index < -0.39 is 0 Å². The highest BCUT2D eigenvalue weighted by molar-refractivity contribution is 5.79. The van der Waals surface area contributed by atoms with Gasteiger partial charge in [-0.25, -0.2) is 4.98 Å². The van der Waals surface area contributed by atoms with Crippen molar-refractivity contribution in [1.29, 1.82) is 0 Å². The van der Waals surface area contributed by atoms with E-state index >= 15 is 0 Å². The summed E-state index contributed by atoms with van der Waals surface area (Å²) in [6, 6.07) is 17.4. The Labute approximate surface area is 145 Å². The Morgan fingerprint density at radius 1 is 1.08 bits per heavy atom. The molecule has 2 heterocycles. The van der Waals surface area contributed by atoms with E-state index in [0.29, 0.717) is 10.9 Å². The molecule has 25 heavy (non-hydrogen) atoms. The van der Waals surface area contributed by atoms with Crippen LogP contribution in [0.15, 0.2) is 65.7 Å². The molecule has 1 aliphatic heterocycles. The number of hydrogen-bond acceptors (Lipinski definition) is 3. The number of likely N-dealkylation sites (tertiary alicyclic amines) is 1. The fraction of sp³-hybridized carbons (Fsp3) is 0.250. The SMILES string of the molecule is O=C(Cn1cnc2ccccc2c1=O)N1CCCC1c1ccccc1. The van der Waals surface area contributed by atoms with Crippen molar-refractivity contribution in [3.8, 4) is 0 Å². The summed E-state index contributed by atoms with van der Waals surface area (Å²) in [6.45, 7) is 0.758. The highest BCUT2D eigenvalue weighted by Crippen LogP contribution is 2.31. The zero-order valence-electron chi connectivity index (χ0n) is 13.8. The lowest BCUT2D eigenvalue weighted by molar-refractivity contribution is -0.132. The molecule has 1 atom stereocenters. The van der Waals surface area contributed by atoms with Crippen LogP contribution in [-0.4, -0.2) is 26.9 Å².